The van der Waals surface area contributed by atoms with Gasteiger partial charge in [-0.25, -0.2) is 9.18 Å². The first-order valence-corrected chi connectivity index (χ1v) is 14.1. The maximum absolute atomic E-state index is 15.6. The molecule has 1 unspecified atom stereocenters. The molecule has 0 spiro atoms. The number of aromatic carboxylic acids is 1. The summed E-state index contributed by atoms with van der Waals surface area (Å²) in [6.45, 7) is 4.22. The predicted octanol–water partition coefficient (Wildman–Crippen LogP) is 5.15. The van der Waals surface area contributed by atoms with Crippen LogP contribution in [0.25, 0.3) is 21.8 Å². The standard InChI is InChI=1S/C33H31FN4O5/c1-3-37-17-23(33(40)41)32(39)29-22-10-11-24(34)31(30(22)36-16-26(29)37)38-14-13-35-25(18-38)21-9-12-27(28(15-21)42-2)43-19-20-7-5-4-6-8-20/h4-12,15-17,25,35H,3,13-14,18-19H2,1-2H3,(H,40,41). The van der Waals surface area contributed by atoms with E-state index >= 15 is 4.39 Å². The number of benzene rings is 3. The van der Waals surface area contributed by atoms with Crippen LogP contribution in [-0.2, 0) is 13.2 Å². The lowest BCUT2D eigenvalue weighted by molar-refractivity contribution is 0.0695. The SMILES string of the molecule is CCn1cc(C(=O)O)c(=O)c2c3ccc(F)c(N4CCNC(c5ccc(OCc6ccccc6)c(OC)c5)C4)c3ncc21. The number of nitrogens with one attached hydrogen (secondary N) is 1. The molecule has 1 fully saturated rings. The van der Waals surface area contributed by atoms with E-state index in [1.54, 1.807) is 11.7 Å². The zero-order valence-corrected chi connectivity index (χ0v) is 23.8. The molecule has 6 rings (SSSR count). The maximum Gasteiger partial charge on any atom is 0.341 e. The van der Waals surface area contributed by atoms with Crippen molar-refractivity contribution in [3.8, 4) is 11.5 Å². The van der Waals surface area contributed by atoms with Gasteiger partial charge in [0.1, 0.15) is 18.0 Å². The van der Waals surface area contributed by atoms with Gasteiger partial charge in [0.2, 0.25) is 5.43 Å². The molecule has 1 aliphatic heterocycles. The average molecular weight is 583 g/mol. The molecule has 3 aromatic carbocycles. The third-order valence-electron chi connectivity index (χ3n) is 7.90. The lowest BCUT2D eigenvalue weighted by atomic mass is 10.0. The van der Waals surface area contributed by atoms with Crippen molar-refractivity contribution in [3.05, 3.63) is 106 Å². The quantitative estimate of drug-likeness (QED) is 0.242. The number of aryl methyl sites for hydroxylation is 1. The molecule has 0 aliphatic carbocycles. The summed E-state index contributed by atoms with van der Waals surface area (Å²) in [6.07, 6.45) is 2.86. The largest absolute Gasteiger partial charge is 0.493 e. The van der Waals surface area contributed by atoms with Crippen molar-refractivity contribution in [3.63, 3.8) is 0 Å². The molecule has 2 N–H and O–H groups in total. The Hall–Kier alpha value is -4.96. The van der Waals surface area contributed by atoms with Crippen molar-refractivity contribution >= 4 is 33.5 Å². The van der Waals surface area contributed by atoms with Gasteiger partial charge < -0.3 is 29.4 Å². The monoisotopic (exact) mass is 582 g/mol. The molecule has 220 valence electrons. The Kier molecular flexibility index (Phi) is 7.69. The Bertz CT molecular complexity index is 1890. The first-order valence-electron chi connectivity index (χ1n) is 14.1. The molecule has 0 amide bonds. The molecular weight excluding hydrogens is 551 g/mol. The summed E-state index contributed by atoms with van der Waals surface area (Å²) in [5, 5.41) is 13.8. The molecule has 2 aromatic heterocycles. The number of anilines is 1. The second-order valence-corrected chi connectivity index (χ2v) is 10.4. The molecule has 1 aliphatic rings. The number of fused-ring (bicyclic) bond motifs is 3. The topological polar surface area (TPSA) is 106 Å². The smallest absolute Gasteiger partial charge is 0.341 e. The highest BCUT2D eigenvalue weighted by Gasteiger charge is 2.27. The van der Waals surface area contributed by atoms with Crippen molar-refractivity contribution in [2.24, 2.45) is 0 Å². The third kappa shape index (κ3) is 5.25. The minimum atomic E-state index is -1.31. The highest BCUT2D eigenvalue weighted by Crippen LogP contribution is 2.36. The number of rotatable bonds is 8. The van der Waals surface area contributed by atoms with Crippen molar-refractivity contribution < 1.29 is 23.8 Å². The fourth-order valence-electron chi connectivity index (χ4n) is 5.74. The molecule has 1 atom stereocenters. The van der Waals surface area contributed by atoms with Crippen LogP contribution in [0.2, 0.25) is 0 Å². The number of carboxylic acid groups (broad SMARTS) is 1. The van der Waals surface area contributed by atoms with Gasteiger partial charge in [0.05, 0.1) is 35.4 Å². The summed E-state index contributed by atoms with van der Waals surface area (Å²) in [6, 6.07) is 18.3. The van der Waals surface area contributed by atoms with Crippen LogP contribution in [0, 0.1) is 5.82 Å². The third-order valence-corrected chi connectivity index (χ3v) is 7.90. The van der Waals surface area contributed by atoms with Crippen molar-refractivity contribution in [1.29, 1.82) is 0 Å². The Morgan fingerprint density at radius 3 is 2.70 bits per heavy atom. The van der Waals surface area contributed by atoms with Crippen LogP contribution >= 0.6 is 0 Å². The molecule has 1 saturated heterocycles. The van der Waals surface area contributed by atoms with Gasteiger partial charge in [-0.3, -0.25) is 9.78 Å². The summed E-state index contributed by atoms with van der Waals surface area (Å²) in [7, 11) is 1.60. The lowest BCUT2D eigenvalue weighted by Crippen LogP contribution is -2.46. The van der Waals surface area contributed by atoms with E-state index in [0.29, 0.717) is 60.7 Å². The normalized spacial score (nSPS) is 15.1. The van der Waals surface area contributed by atoms with Crippen molar-refractivity contribution in [2.75, 3.05) is 31.6 Å². The van der Waals surface area contributed by atoms with Gasteiger partial charge in [-0.2, -0.15) is 0 Å². The minimum Gasteiger partial charge on any atom is -0.493 e. The number of aromatic nitrogens is 2. The van der Waals surface area contributed by atoms with Crippen LogP contribution in [0.15, 0.2) is 77.9 Å². The number of carboxylic acids is 1. The second kappa shape index (κ2) is 11.7. The van der Waals surface area contributed by atoms with E-state index in [1.807, 2.05) is 60.4 Å². The highest BCUT2D eigenvalue weighted by molar-refractivity contribution is 6.09. The number of piperazine rings is 1. The van der Waals surface area contributed by atoms with Gasteiger partial charge in [-0.15, -0.1) is 0 Å². The van der Waals surface area contributed by atoms with Crippen LogP contribution in [0.4, 0.5) is 10.1 Å². The van der Waals surface area contributed by atoms with E-state index in [9.17, 15) is 14.7 Å². The van der Waals surface area contributed by atoms with Gasteiger partial charge in [0.25, 0.3) is 0 Å². The first kappa shape index (κ1) is 28.2. The summed E-state index contributed by atoms with van der Waals surface area (Å²) in [5.41, 5.74) is 2.15. The lowest BCUT2D eigenvalue weighted by Gasteiger charge is -2.36. The Morgan fingerprint density at radius 2 is 1.95 bits per heavy atom. The molecule has 0 bridgehead atoms. The predicted molar refractivity (Wildman–Crippen MR) is 163 cm³/mol. The van der Waals surface area contributed by atoms with E-state index < -0.39 is 17.2 Å². The van der Waals surface area contributed by atoms with Crippen LogP contribution < -0.4 is 25.1 Å². The Balaban J connectivity index is 1.35. The van der Waals surface area contributed by atoms with Gasteiger partial charge in [-0.1, -0.05) is 36.4 Å². The van der Waals surface area contributed by atoms with Gasteiger partial charge >= 0.3 is 5.97 Å². The van der Waals surface area contributed by atoms with Gasteiger partial charge in [0, 0.05) is 43.8 Å². The molecule has 43 heavy (non-hydrogen) atoms. The molecule has 0 saturated carbocycles. The number of pyridine rings is 2. The number of nitrogens with zero attached hydrogens (tertiary/aromatic N) is 3. The fraction of sp³-hybridized carbons (Fsp3) is 0.242. The maximum atomic E-state index is 15.6. The first-order chi connectivity index (χ1) is 20.9. The van der Waals surface area contributed by atoms with E-state index in [-0.39, 0.29) is 22.7 Å². The van der Waals surface area contributed by atoms with Crippen molar-refractivity contribution in [2.45, 2.75) is 26.1 Å². The van der Waals surface area contributed by atoms with Gasteiger partial charge in [-0.05, 0) is 42.3 Å². The van der Waals surface area contributed by atoms with E-state index in [0.717, 1.165) is 11.1 Å². The number of carbonyl (C=O) groups is 1. The van der Waals surface area contributed by atoms with Crippen LogP contribution in [0.1, 0.15) is 34.5 Å². The number of methoxy groups -OCH3 is 1. The van der Waals surface area contributed by atoms with Crippen molar-refractivity contribution in [1.82, 2.24) is 14.9 Å². The minimum absolute atomic E-state index is 0.156. The summed E-state index contributed by atoms with van der Waals surface area (Å²) in [4.78, 5) is 31.7. The summed E-state index contributed by atoms with van der Waals surface area (Å²) < 4.78 is 28.9. The second-order valence-electron chi connectivity index (χ2n) is 10.4. The molecule has 5 aromatic rings. The van der Waals surface area contributed by atoms with E-state index in [2.05, 4.69) is 10.3 Å². The molecule has 9 nitrogen and oxygen atoms in total. The molecular formula is C33H31FN4O5. The van der Waals surface area contributed by atoms with Gasteiger partial charge in [0.15, 0.2) is 11.5 Å². The van der Waals surface area contributed by atoms with Crippen LogP contribution in [0.5, 0.6) is 11.5 Å². The fourth-order valence-corrected chi connectivity index (χ4v) is 5.74. The zero-order chi connectivity index (χ0) is 30.1. The number of hydrogen-bond acceptors (Lipinski definition) is 7. The number of halogens is 1. The van der Waals surface area contributed by atoms with Crippen LogP contribution in [0.3, 0.4) is 0 Å². The Morgan fingerprint density at radius 1 is 1.14 bits per heavy atom. The van der Waals surface area contributed by atoms with Crippen LogP contribution in [-0.4, -0.2) is 47.4 Å². The average Bonchev–Trinajstić information content (AvgIpc) is 3.04. The molecule has 3 heterocycles. The number of ether oxygens (including phenoxy) is 2. The van der Waals surface area contributed by atoms with E-state index in [4.69, 9.17) is 9.47 Å². The van der Waals surface area contributed by atoms with E-state index in [1.165, 1.54) is 24.5 Å². The highest BCUT2D eigenvalue weighted by atomic mass is 19.1. The summed E-state index contributed by atoms with van der Waals surface area (Å²) >= 11 is 0. The zero-order valence-electron chi connectivity index (χ0n) is 23.8. The number of hydrogen-bond donors (Lipinski definition) is 2. The Labute approximate surface area is 247 Å². The summed E-state index contributed by atoms with van der Waals surface area (Å²) in [5.74, 6) is -0.554. The molecule has 10 heteroatoms. The molecule has 0 radical (unpaired) electrons.